The molecule has 5 rings (SSSR count). The number of anilines is 2. The van der Waals surface area contributed by atoms with Crippen LogP contribution in [0.5, 0.6) is 0 Å². The fourth-order valence-corrected chi connectivity index (χ4v) is 5.26. The molecule has 3 fully saturated rings. The molecule has 3 aliphatic rings. The van der Waals surface area contributed by atoms with E-state index in [-0.39, 0.29) is 36.8 Å². The van der Waals surface area contributed by atoms with Crippen LogP contribution in [-0.2, 0) is 20.8 Å². The van der Waals surface area contributed by atoms with Crippen molar-refractivity contribution in [3.63, 3.8) is 0 Å². The molecule has 0 spiro atoms. The van der Waals surface area contributed by atoms with Gasteiger partial charge < -0.3 is 15.1 Å². The highest BCUT2D eigenvalue weighted by Crippen LogP contribution is 2.33. The van der Waals surface area contributed by atoms with Crippen molar-refractivity contribution in [1.29, 1.82) is 0 Å². The summed E-state index contributed by atoms with van der Waals surface area (Å²) in [5, 5.41) is 5.08. The van der Waals surface area contributed by atoms with E-state index in [9.17, 15) is 23.2 Å². The number of aromatic nitrogens is 1. The number of halogens is 2. The van der Waals surface area contributed by atoms with Crippen molar-refractivity contribution in [2.75, 3.05) is 29.4 Å². The van der Waals surface area contributed by atoms with Crippen molar-refractivity contribution >= 4 is 29.2 Å². The van der Waals surface area contributed by atoms with Crippen LogP contribution in [0.4, 0.5) is 20.3 Å². The summed E-state index contributed by atoms with van der Waals surface area (Å²) in [7, 11) is 0. The fourth-order valence-electron chi connectivity index (χ4n) is 5.26. The van der Waals surface area contributed by atoms with Crippen LogP contribution in [0.15, 0.2) is 30.5 Å². The summed E-state index contributed by atoms with van der Waals surface area (Å²) in [6.07, 6.45) is 4.39. The highest BCUT2D eigenvalue weighted by Gasteiger charge is 2.34. The smallest absolute Gasteiger partial charge is 0.234 e. The normalized spacial score (nSPS) is 22.4. The lowest BCUT2D eigenvalue weighted by molar-refractivity contribution is -0.134. The molecule has 1 aromatic carbocycles. The largest absolute Gasteiger partial charge is 0.367 e. The van der Waals surface area contributed by atoms with Crippen LogP contribution < -0.4 is 20.4 Å². The van der Waals surface area contributed by atoms with Crippen LogP contribution in [0, 0.1) is 11.6 Å². The molecule has 190 valence electrons. The molecule has 0 saturated carbocycles. The molecule has 0 radical (unpaired) electrons. The van der Waals surface area contributed by atoms with E-state index in [1.54, 1.807) is 11.1 Å². The van der Waals surface area contributed by atoms with E-state index in [4.69, 9.17) is 0 Å². The van der Waals surface area contributed by atoms with Crippen molar-refractivity contribution in [3.8, 4) is 0 Å². The van der Waals surface area contributed by atoms with Gasteiger partial charge in [-0.3, -0.25) is 19.7 Å². The Bertz CT molecular complexity index is 1160. The molecule has 8 nitrogen and oxygen atoms in total. The molecule has 2 unspecified atom stereocenters. The van der Waals surface area contributed by atoms with Gasteiger partial charge in [0.05, 0.1) is 18.4 Å². The molecule has 2 aromatic rings. The minimum atomic E-state index is -1.03. The predicted molar refractivity (Wildman–Crippen MR) is 130 cm³/mol. The second kappa shape index (κ2) is 9.83. The summed E-state index contributed by atoms with van der Waals surface area (Å²) in [6, 6.07) is 6.63. The lowest BCUT2D eigenvalue weighted by Crippen LogP contribution is -2.59. The Labute approximate surface area is 208 Å². The van der Waals surface area contributed by atoms with Gasteiger partial charge in [0.15, 0.2) is 0 Å². The monoisotopic (exact) mass is 497 g/mol. The maximum Gasteiger partial charge on any atom is 0.234 e. The highest BCUT2D eigenvalue weighted by atomic mass is 19.1. The molecule has 1 aromatic heterocycles. The first-order valence-electron chi connectivity index (χ1n) is 12.4. The zero-order valence-electron chi connectivity index (χ0n) is 20.1. The Morgan fingerprint density at radius 1 is 1.17 bits per heavy atom. The molecule has 3 saturated heterocycles. The van der Waals surface area contributed by atoms with E-state index >= 15 is 0 Å². The minimum Gasteiger partial charge on any atom is -0.367 e. The summed E-state index contributed by atoms with van der Waals surface area (Å²) in [4.78, 5) is 44.4. The summed E-state index contributed by atoms with van der Waals surface area (Å²) in [5.74, 6) is -2.97. The van der Waals surface area contributed by atoms with Crippen molar-refractivity contribution in [1.82, 2.24) is 15.6 Å². The number of nitrogens with one attached hydrogen (secondary N) is 2. The SMILES string of the molecule is CC1CCCN1c1ccc(CC(=O)NC2CN(c3cc(F)c(C4CCC(=O)NC4=O)c(F)c3)C2)cn1. The Morgan fingerprint density at radius 2 is 1.92 bits per heavy atom. The number of rotatable bonds is 6. The molecule has 4 heterocycles. The number of carbonyl (C=O) groups excluding carboxylic acids is 3. The van der Waals surface area contributed by atoms with E-state index in [1.807, 2.05) is 12.1 Å². The first-order valence-corrected chi connectivity index (χ1v) is 12.4. The third-order valence-corrected chi connectivity index (χ3v) is 7.28. The maximum absolute atomic E-state index is 14.8. The second-order valence-electron chi connectivity index (χ2n) is 9.88. The number of piperidine rings is 1. The van der Waals surface area contributed by atoms with Crippen molar-refractivity contribution in [2.24, 2.45) is 0 Å². The minimum absolute atomic E-state index is 0.0440. The number of imide groups is 1. The van der Waals surface area contributed by atoms with Crippen molar-refractivity contribution < 1.29 is 23.2 Å². The van der Waals surface area contributed by atoms with Gasteiger partial charge in [-0.05, 0) is 49.9 Å². The Morgan fingerprint density at radius 3 is 2.53 bits per heavy atom. The summed E-state index contributed by atoms with van der Waals surface area (Å²) in [6.45, 7) is 4.03. The second-order valence-corrected chi connectivity index (χ2v) is 9.88. The van der Waals surface area contributed by atoms with E-state index in [0.29, 0.717) is 24.8 Å². The number of hydrogen-bond donors (Lipinski definition) is 2. The number of benzene rings is 1. The molecular formula is C26H29F2N5O3. The number of amides is 3. The first-order chi connectivity index (χ1) is 17.3. The quantitative estimate of drug-likeness (QED) is 0.596. The number of hydrogen-bond acceptors (Lipinski definition) is 6. The summed E-state index contributed by atoms with van der Waals surface area (Å²) in [5.41, 5.74) is 0.864. The van der Waals surface area contributed by atoms with E-state index in [2.05, 4.69) is 27.4 Å². The molecular weight excluding hydrogens is 468 g/mol. The third kappa shape index (κ3) is 4.89. The summed E-state index contributed by atoms with van der Waals surface area (Å²) < 4.78 is 29.5. The van der Waals surface area contributed by atoms with Crippen LogP contribution >= 0.6 is 0 Å². The van der Waals surface area contributed by atoms with Gasteiger partial charge in [0.25, 0.3) is 0 Å². The Balaban J connectivity index is 1.13. The van der Waals surface area contributed by atoms with Crippen molar-refractivity contribution in [2.45, 2.75) is 57.0 Å². The zero-order chi connectivity index (χ0) is 25.4. The molecule has 36 heavy (non-hydrogen) atoms. The number of nitrogens with zero attached hydrogens (tertiary/aromatic N) is 3. The fraction of sp³-hybridized carbons (Fsp3) is 0.462. The average molecular weight is 498 g/mol. The van der Waals surface area contributed by atoms with E-state index in [0.717, 1.165) is 30.8 Å². The van der Waals surface area contributed by atoms with E-state index in [1.165, 1.54) is 12.1 Å². The van der Waals surface area contributed by atoms with Gasteiger partial charge in [0.2, 0.25) is 17.7 Å². The van der Waals surface area contributed by atoms with Gasteiger partial charge in [-0.2, -0.15) is 0 Å². The molecule has 2 atom stereocenters. The lowest BCUT2D eigenvalue weighted by Gasteiger charge is -2.41. The predicted octanol–water partition coefficient (Wildman–Crippen LogP) is 2.42. The highest BCUT2D eigenvalue weighted by molar-refractivity contribution is 6.01. The van der Waals surface area contributed by atoms with Gasteiger partial charge in [-0.15, -0.1) is 0 Å². The lowest BCUT2D eigenvalue weighted by atomic mass is 9.89. The standard InChI is InChI=1S/C26H29F2N5O3/c1-15-3-2-8-33(15)22-6-4-16(12-29-22)9-24(35)30-17-13-32(14-17)18-10-20(27)25(21(28)11-18)19-5-7-23(34)31-26(19)36/h4,6,10-12,15,17,19H,2-3,5,7-9,13-14H2,1H3,(H,30,35)(H,31,34,36). The number of carbonyl (C=O) groups is 3. The number of pyridine rings is 1. The molecule has 10 heteroatoms. The third-order valence-electron chi connectivity index (χ3n) is 7.28. The average Bonchev–Trinajstić information content (AvgIpc) is 3.23. The van der Waals surface area contributed by atoms with Crippen LogP contribution in [0.3, 0.4) is 0 Å². The van der Waals surface area contributed by atoms with Crippen LogP contribution in [0.25, 0.3) is 0 Å². The van der Waals surface area contributed by atoms with Crippen LogP contribution in [0.2, 0.25) is 0 Å². The maximum atomic E-state index is 14.8. The zero-order valence-corrected chi connectivity index (χ0v) is 20.1. The summed E-state index contributed by atoms with van der Waals surface area (Å²) >= 11 is 0. The van der Waals surface area contributed by atoms with Crippen LogP contribution in [0.1, 0.15) is 49.7 Å². The molecule has 0 bridgehead atoms. The first kappa shape index (κ1) is 24.1. The Hall–Kier alpha value is -3.56. The van der Waals surface area contributed by atoms with Gasteiger partial charge in [0.1, 0.15) is 17.5 Å². The van der Waals surface area contributed by atoms with Crippen molar-refractivity contribution in [3.05, 3.63) is 53.2 Å². The van der Waals surface area contributed by atoms with Gasteiger partial charge in [-0.1, -0.05) is 6.07 Å². The Kier molecular flexibility index (Phi) is 6.59. The molecule has 3 amide bonds. The molecule has 3 aliphatic heterocycles. The van der Waals surface area contributed by atoms with Gasteiger partial charge in [0, 0.05) is 49.5 Å². The topological polar surface area (TPSA) is 94.6 Å². The molecule has 0 aliphatic carbocycles. The van der Waals surface area contributed by atoms with E-state index < -0.39 is 29.4 Å². The van der Waals surface area contributed by atoms with Gasteiger partial charge in [-0.25, -0.2) is 13.8 Å². The van der Waals surface area contributed by atoms with Crippen LogP contribution in [-0.4, -0.2) is 54.4 Å². The van der Waals surface area contributed by atoms with Gasteiger partial charge >= 0.3 is 0 Å². The molecule has 2 N–H and O–H groups in total.